The van der Waals surface area contributed by atoms with Crippen LogP contribution in [0.1, 0.15) is 22.5 Å². The number of imidazole rings is 1. The molecule has 0 saturated carbocycles. The van der Waals surface area contributed by atoms with Gasteiger partial charge in [0, 0.05) is 33.5 Å². The van der Waals surface area contributed by atoms with Crippen LogP contribution in [0.4, 0.5) is 0 Å². The normalized spacial score (nSPS) is 10.6. The zero-order chi connectivity index (χ0) is 26.2. The molecule has 4 rings (SSSR count). The van der Waals surface area contributed by atoms with Crippen LogP contribution in [0, 0.1) is 11.8 Å². The summed E-state index contributed by atoms with van der Waals surface area (Å²) < 4.78 is 15.4. The van der Waals surface area contributed by atoms with Crippen LogP contribution in [-0.2, 0) is 9.53 Å². The van der Waals surface area contributed by atoms with Crippen molar-refractivity contribution in [3.05, 3.63) is 99.4 Å². The van der Waals surface area contributed by atoms with E-state index in [1.807, 2.05) is 48.6 Å². The summed E-state index contributed by atoms with van der Waals surface area (Å²) in [6.45, 7) is -0.141. The lowest BCUT2D eigenvalue weighted by Crippen LogP contribution is -2.12. The fourth-order valence-electron chi connectivity index (χ4n) is 3.35. The summed E-state index contributed by atoms with van der Waals surface area (Å²) in [6.07, 6.45) is 5.55. The van der Waals surface area contributed by atoms with Gasteiger partial charge < -0.3 is 19.2 Å². The third-order valence-corrected chi connectivity index (χ3v) is 5.79. The smallest absolute Gasteiger partial charge is 0.343 e. The van der Waals surface area contributed by atoms with Gasteiger partial charge in [0.05, 0.1) is 24.9 Å². The van der Waals surface area contributed by atoms with E-state index in [0.29, 0.717) is 27.4 Å². The first-order chi connectivity index (χ1) is 17.9. The highest BCUT2D eigenvalue weighted by Crippen LogP contribution is 2.29. The highest BCUT2D eigenvalue weighted by atomic mass is 35.5. The molecule has 0 saturated heterocycles. The van der Waals surface area contributed by atoms with Gasteiger partial charge >= 0.3 is 5.97 Å². The number of carbonyl (C=O) groups is 1. The van der Waals surface area contributed by atoms with Gasteiger partial charge in [-0.05, 0) is 72.8 Å². The molecule has 4 aromatic rings. The monoisotopic (exact) mass is 532 g/mol. The van der Waals surface area contributed by atoms with Gasteiger partial charge in [-0.25, -0.2) is 9.78 Å². The number of rotatable bonds is 7. The van der Waals surface area contributed by atoms with E-state index in [2.05, 4.69) is 26.5 Å². The fraction of sp³-hybridized carbons (Fsp3) is 0.103. The Bertz CT molecular complexity index is 1500. The molecule has 0 fully saturated rings. The molecule has 6 nitrogen and oxygen atoms in total. The van der Waals surface area contributed by atoms with Crippen LogP contribution in [0.2, 0.25) is 10.0 Å². The van der Waals surface area contributed by atoms with Gasteiger partial charge in [0.15, 0.2) is 6.61 Å². The summed E-state index contributed by atoms with van der Waals surface area (Å²) in [5.74, 6) is 7.79. The lowest BCUT2D eigenvalue weighted by molar-refractivity contribution is -0.142. The van der Waals surface area contributed by atoms with E-state index in [4.69, 9.17) is 32.7 Å². The van der Waals surface area contributed by atoms with Crippen molar-refractivity contribution in [1.29, 1.82) is 0 Å². The van der Waals surface area contributed by atoms with Crippen molar-refractivity contribution in [1.82, 2.24) is 9.97 Å². The van der Waals surface area contributed by atoms with Crippen molar-refractivity contribution in [2.24, 2.45) is 0 Å². The second kappa shape index (κ2) is 12.2. The standard InChI is InChI=1S/C29H22Cl2N2O4/c1-35-27-13-7-20(4-3-19-5-10-23(11-6-19)37-18-29(34)36-2)15-21(27)8-14-28-32-17-26(33-28)24-12-9-22(30)16-25(24)31/h5-17H,18H2,1-2H3,(H,32,33). The summed E-state index contributed by atoms with van der Waals surface area (Å²) in [6, 6.07) is 18.2. The third kappa shape index (κ3) is 6.95. The minimum atomic E-state index is -0.438. The Morgan fingerprint density at radius 1 is 0.973 bits per heavy atom. The number of carbonyl (C=O) groups excluding carboxylic acids is 1. The Kier molecular flexibility index (Phi) is 8.52. The van der Waals surface area contributed by atoms with E-state index in [0.717, 1.165) is 27.9 Å². The van der Waals surface area contributed by atoms with Crippen molar-refractivity contribution >= 4 is 41.3 Å². The van der Waals surface area contributed by atoms with Gasteiger partial charge in [-0.1, -0.05) is 35.0 Å². The van der Waals surface area contributed by atoms with Crippen LogP contribution < -0.4 is 9.47 Å². The molecule has 0 aliphatic heterocycles. The molecule has 37 heavy (non-hydrogen) atoms. The maximum atomic E-state index is 11.2. The number of benzene rings is 3. The SMILES string of the molecule is COC(=O)COc1ccc(C#Cc2ccc(OC)c(C=Cc3nc(-c4ccc(Cl)cc4Cl)c[nH]3)c2)cc1. The second-order valence-corrected chi connectivity index (χ2v) is 8.57. The minimum Gasteiger partial charge on any atom is -0.496 e. The molecule has 0 aliphatic carbocycles. The predicted molar refractivity (Wildman–Crippen MR) is 146 cm³/mol. The van der Waals surface area contributed by atoms with Crippen LogP contribution in [0.15, 0.2) is 66.9 Å². The van der Waals surface area contributed by atoms with E-state index in [1.54, 1.807) is 37.6 Å². The number of hydrogen-bond acceptors (Lipinski definition) is 5. The average molecular weight is 533 g/mol. The van der Waals surface area contributed by atoms with E-state index in [-0.39, 0.29) is 6.61 Å². The summed E-state index contributed by atoms with van der Waals surface area (Å²) in [5.41, 5.74) is 3.99. The number of hydrogen-bond donors (Lipinski definition) is 1. The third-order valence-electron chi connectivity index (χ3n) is 5.25. The van der Waals surface area contributed by atoms with E-state index >= 15 is 0 Å². The summed E-state index contributed by atoms with van der Waals surface area (Å²) in [4.78, 5) is 18.9. The fourth-order valence-corrected chi connectivity index (χ4v) is 3.85. The first-order valence-electron chi connectivity index (χ1n) is 11.1. The Morgan fingerprint density at radius 2 is 1.73 bits per heavy atom. The Hall–Kier alpha value is -4.18. The molecule has 1 N–H and O–H groups in total. The molecule has 0 atom stereocenters. The van der Waals surface area contributed by atoms with Crippen molar-refractivity contribution < 1.29 is 19.0 Å². The number of aromatic amines is 1. The molecule has 0 radical (unpaired) electrons. The maximum absolute atomic E-state index is 11.2. The highest BCUT2D eigenvalue weighted by Gasteiger charge is 2.08. The maximum Gasteiger partial charge on any atom is 0.343 e. The molecule has 0 unspecified atom stereocenters. The first kappa shape index (κ1) is 25.9. The van der Waals surface area contributed by atoms with Gasteiger partial charge in [-0.15, -0.1) is 0 Å². The molecule has 186 valence electrons. The number of nitrogens with zero attached hydrogens (tertiary/aromatic N) is 1. The van der Waals surface area contributed by atoms with E-state index in [1.165, 1.54) is 7.11 Å². The van der Waals surface area contributed by atoms with Crippen molar-refractivity contribution in [3.63, 3.8) is 0 Å². The molecule has 8 heteroatoms. The second-order valence-electron chi connectivity index (χ2n) is 7.72. The number of aromatic nitrogens is 2. The van der Waals surface area contributed by atoms with Gasteiger partial charge in [-0.3, -0.25) is 0 Å². The van der Waals surface area contributed by atoms with Crippen LogP contribution in [0.5, 0.6) is 11.5 Å². The lowest BCUT2D eigenvalue weighted by Gasteiger charge is -2.05. The molecule has 0 bridgehead atoms. The number of ether oxygens (including phenoxy) is 3. The minimum absolute atomic E-state index is 0.141. The molecule has 0 aliphatic rings. The number of nitrogens with one attached hydrogen (secondary N) is 1. The highest BCUT2D eigenvalue weighted by molar-refractivity contribution is 6.36. The average Bonchev–Trinajstić information content (AvgIpc) is 3.38. The molecular weight excluding hydrogens is 511 g/mol. The van der Waals surface area contributed by atoms with E-state index in [9.17, 15) is 4.79 Å². The number of halogens is 2. The van der Waals surface area contributed by atoms with Gasteiger partial charge in [0.25, 0.3) is 0 Å². The number of esters is 1. The van der Waals surface area contributed by atoms with Crippen molar-refractivity contribution in [3.8, 4) is 34.6 Å². The molecule has 0 amide bonds. The van der Waals surface area contributed by atoms with Gasteiger partial charge in [0.1, 0.15) is 17.3 Å². The summed E-state index contributed by atoms with van der Waals surface area (Å²) in [7, 11) is 2.94. The van der Waals surface area contributed by atoms with Crippen molar-refractivity contribution in [2.75, 3.05) is 20.8 Å². The summed E-state index contributed by atoms with van der Waals surface area (Å²) >= 11 is 12.3. The van der Waals surface area contributed by atoms with Gasteiger partial charge in [0.2, 0.25) is 0 Å². The predicted octanol–water partition coefficient (Wildman–Crippen LogP) is 6.51. The Morgan fingerprint density at radius 3 is 2.46 bits per heavy atom. The van der Waals surface area contributed by atoms with Crippen LogP contribution >= 0.6 is 23.2 Å². The van der Waals surface area contributed by atoms with Crippen LogP contribution in [-0.4, -0.2) is 36.8 Å². The Labute approximate surface area is 224 Å². The number of H-pyrrole nitrogens is 1. The Balaban J connectivity index is 1.49. The zero-order valence-corrected chi connectivity index (χ0v) is 21.6. The largest absolute Gasteiger partial charge is 0.496 e. The van der Waals surface area contributed by atoms with E-state index < -0.39 is 5.97 Å². The van der Waals surface area contributed by atoms with Crippen LogP contribution in [0.25, 0.3) is 23.4 Å². The quantitative estimate of drug-likeness (QED) is 0.217. The van der Waals surface area contributed by atoms with Crippen LogP contribution in [0.3, 0.4) is 0 Å². The first-order valence-corrected chi connectivity index (χ1v) is 11.9. The molecule has 0 spiro atoms. The van der Waals surface area contributed by atoms with Crippen molar-refractivity contribution in [2.45, 2.75) is 0 Å². The summed E-state index contributed by atoms with van der Waals surface area (Å²) in [5, 5.41) is 1.10. The number of methoxy groups -OCH3 is 2. The molecule has 3 aromatic carbocycles. The zero-order valence-electron chi connectivity index (χ0n) is 20.0. The molecular formula is C29H22Cl2N2O4. The van der Waals surface area contributed by atoms with Gasteiger partial charge in [-0.2, -0.15) is 0 Å². The molecule has 1 aromatic heterocycles. The molecule has 1 heterocycles. The topological polar surface area (TPSA) is 73.4 Å². The lowest BCUT2D eigenvalue weighted by atomic mass is 10.1.